The molecule has 6 nitrogen and oxygen atoms in total. The summed E-state index contributed by atoms with van der Waals surface area (Å²) in [5, 5.41) is 13.2. The van der Waals surface area contributed by atoms with Gasteiger partial charge in [0.2, 0.25) is 5.91 Å². The molecule has 0 saturated heterocycles. The Morgan fingerprint density at radius 1 is 0.591 bits per heavy atom. The first kappa shape index (κ1) is 43.1. The second-order valence-corrected chi connectivity index (χ2v) is 14.7. The first-order chi connectivity index (χ1) is 21.3. The van der Waals surface area contributed by atoms with Gasteiger partial charge in [-0.05, 0) is 19.3 Å². The monoisotopic (exact) mass is 644 g/mol. The van der Waals surface area contributed by atoms with Crippen molar-refractivity contribution in [3.8, 4) is 0 Å². The Labute approximate surface area is 273 Å². The van der Waals surface area contributed by atoms with Gasteiger partial charge in [-0.2, -0.15) is 8.42 Å². The van der Waals surface area contributed by atoms with E-state index in [2.05, 4.69) is 19.2 Å². The van der Waals surface area contributed by atoms with Crippen molar-refractivity contribution in [2.45, 2.75) is 212 Å². The number of aliphatic hydroxyl groups excluding tert-OH is 1. The Kier molecular flexibility index (Phi) is 31.4. The molecule has 262 valence electrons. The molecule has 0 aromatic heterocycles. The van der Waals surface area contributed by atoms with Crippen molar-refractivity contribution < 1.29 is 22.9 Å². The van der Waals surface area contributed by atoms with E-state index in [-0.39, 0.29) is 5.91 Å². The van der Waals surface area contributed by atoms with Gasteiger partial charge in [0, 0.05) is 6.42 Å². The van der Waals surface area contributed by atoms with Gasteiger partial charge in [0.15, 0.2) is 0 Å². The quantitative estimate of drug-likeness (QED) is 0.0368. The minimum absolute atomic E-state index is 0.279. The van der Waals surface area contributed by atoms with E-state index in [4.69, 9.17) is 0 Å². The summed E-state index contributed by atoms with van der Waals surface area (Å²) in [5.74, 6) is -0.972. The number of carbonyl (C=O) groups excluding carboxylic acids is 1. The molecule has 0 radical (unpaired) electrons. The van der Waals surface area contributed by atoms with Crippen LogP contribution in [0.5, 0.6) is 0 Å². The number of amides is 1. The van der Waals surface area contributed by atoms with Crippen molar-refractivity contribution >= 4 is 16.0 Å². The van der Waals surface area contributed by atoms with Crippen molar-refractivity contribution in [1.29, 1.82) is 0 Å². The number of nitrogens with one attached hydrogen (secondary N) is 1. The zero-order valence-electron chi connectivity index (χ0n) is 29.1. The first-order valence-electron chi connectivity index (χ1n) is 18.9. The van der Waals surface area contributed by atoms with Crippen molar-refractivity contribution in [2.75, 3.05) is 5.75 Å². The fraction of sp³-hybridized carbons (Fsp3) is 0.919. The summed E-state index contributed by atoms with van der Waals surface area (Å²) in [5.41, 5.74) is 0. The Balaban J connectivity index is 3.90. The Morgan fingerprint density at radius 2 is 0.932 bits per heavy atom. The van der Waals surface area contributed by atoms with Gasteiger partial charge in [-0.3, -0.25) is 9.35 Å². The molecule has 0 aromatic rings. The van der Waals surface area contributed by atoms with Crippen LogP contribution in [0.3, 0.4) is 0 Å². The van der Waals surface area contributed by atoms with Crippen LogP contribution in [0, 0.1) is 0 Å². The van der Waals surface area contributed by atoms with Gasteiger partial charge in [0.05, 0.1) is 17.9 Å². The summed E-state index contributed by atoms with van der Waals surface area (Å²) < 4.78 is 32.3. The topological polar surface area (TPSA) is 104 Å². The maximum atomic E-state index is 12.4. The molecule has 0 rings (SSSR count). The SMILES string of the molecule is CCCCCCCCCCCCCCCCCCC/C=C/C(O)C(CS(=O)(=O)O)NC(=O)CCCCCCCCCCCC. The van der Waals surface area contributed by atoms with Crippen LogP contribution in [-0.4, -0.2) is 41.9 Å². The van der Waals surface area contributed by atoms with Crippen LogP contribution >= 0.6 is 0 Å². The second kappa shape index (κ2) is 32.0. The third kappa shape index (κ3) is 32.5. The van der Waals surface area contributed by atoms with E-state index in [1.807, 2.05) is 6.08 Å². The number of hydrogen-bond acceptors (Lipinski definition) is 4. The van der Waals surface area contributed by atoms with E-state index >= 15 is 0 Å². The van der Waals surface area contributed by atoms with E-state index < -0.39 is 28.0 Å². The van der Waals surface area contributed by atoms with Gasteiger partial charge in [-0.1, -0.05) is 187 Å². The smallest absolute Gasteiger partial charge is 0.267 e. The standard InChI is InChI=1S/C37H73NO5S/c1-3-5-7-9-11-13-15-16-17-18-19-20-21-22-23-24-26-28-30-32-36(39)35(34-44(41,42)43)38-37(40)33-31-29-27-25-14-12-10-8-6-4-2/h30,32,35-36,39H,3-29,31,33-34H2,1-2H3,(H,38,40)(H,41,42,43)/b32-30+. The molecule has 0 saturated carbocycles. The van der Waals surface area contributed by atoms with Crippen LogP contribution < -0.4 is 5.32 Å². The van der Waals surface area contributed by atoms with Crippen molar-refractivity contribution in [2.24, 2.45) is 0 Å². The Bertz CT molecular complexity index is 755. The van der Waals surface area contributed by atoms with Crippen LogP contribution in [0.15, 0.2) is 12.2 Å². The van der Waals surface area contributed by atoms with Gasteiger partial charge in [-0.25, -0.2) is 0 Å². The normalized spacial score (nSPS) is 13.5. The lowest BCUT2D eigenvalue weighted by Gasteiger charge is -2.21. The van der Waals surface area contributed by atoms with Crippen LogP contribution in [0.1, 0.15) is 200 Å². The number of aliphatic hydroxyl groups is 1. The highest BCUT2D eigenvalue weighted by Gasteiger charge is 2.24. The minimum atomic E-state index is -4.33. The fourth-order valence-electron chi connectivity index (χ4n) is 5.86. The van der Waals surface area contributed by atoms with Crippen molar-refractivity contribution in [3.63, 3.8) is 0 Å². The highest BCUT2D eigenvalue weighted by Crippen LogP contribution is 2.15. The molecule has 1 amide bonds. The van der Waals surface area contributed by atoms with Crippen LogP contribution in [0.2, 0.25) is 0 Å². The summed E-state index contributed by atoms with van der Waals surface area (Å²) in [6.45, 7) is 4.50. The average Bonchev–Trinajstić information content (AvgIpc) is 2.98. The fourth-order valence-corrected chi connectivity index (χ4v) is 6.60. The number of unbranched alkanes of at least 4 members (excludes halogenated alkanes) is 26. The molecule has 0 bridgehead atoms. The molecule has 0 aliphatic heterocycles. The maximum Gasteiger partial charge on any atom is 0.267 e. The molecular formula is C37H73NO5S. The Hall–Kier alpha value is -0.920. The molecular weight excluding hydrogens is 570 g/mol. The minimum Gasteiger partial charge on any atom is -0.387 e. The lowest BCUT2D eigenvalue weighted by Crippen LogP contribution is -2.46. The largest absolute Gasteiger partial charge is 0.387 e. The van der Waals surface area contributed by atoms with E-state index in [1.165, 1.54) is 141 Å². The third-order valence-electron chi connectivity index (χ3n) is 8.71. The highest BCUT2D eigenvalue weighted by atomic mass is 32.2. The van der Waals surface area contributed by atoms with E-state index in [0.717, 1.165) is 38.5 Å². The van der Waals surface area contributed by atoms with Gasteiger partial charge < -0.3 is 10.4 Å². The van der Waals surface area contributed by atoms with Gasteiger partial charge in [0.1, 0.15) is 0 Å². The summed E-state index contributed by atoms with van der Waals surface area (Å²) in [7, 11) is -4.33. The lowest BCUT2D eigenvalue weighted by molar-refractivity contribution is -0.122. The predicted molar refractivity (Wildman–Crippen MR) is 189 cm³/mol. The lowest BCUT2D eigenvalue weighted by atomic mass is 10.0. The van der Waals surface area contributed by atoms with Gasteiger partial charge >= 0.3 is 0 Å². The molecule has 0 aliphatic carbocycles. The summed E-state index contributed by atoms with van der Waals surface area (Å²) in [6, 6.07) is -1.05. The molecule has 0 heterocycles. The van der Waals surface area contributed by atoms with Crippen LogP contribution in [-0.2, 0) is 14.9 Å². The van der Waals surface area contributed by atoms with Gasteiger partial charge in [0.25, 0.3) is 10.1 Å². The molecule has 2 unspecified atom stereocenters. The van der Waals surface area contributed by atoms with E-state index in [0.29, 0.717) is 6.42 Å². The molecule has 7 heteroatoms. The second-order valence-electron chi connectivity index (χ2n) is 13.2. The summed E-state index contributed by atoms with van der Waals surface area (Å²) in [6.07, 6.45) is 37.7. The zero-order valence-corrected chi connectivity index (χ0v) is 29.9. The molecule has 44 heavy (non-hydrogen) atoms. The Morgan fingerprint density at radius 3 is 1.30 bits per heavy atom. The molecule has 0 spiro atoms. The van der Waals surface area contributed by atoms with Crippen molar-refractivity contribution in [3.05, 3.63) is 12.2 Å². The maximum absolute atomic E-state index is 12.4. The number of carbonyl (C=O) groups is 1. The number of hydrogen-bond donors (Lipinski definition) is 3. The molecule has 0 aromatic carbocycles. The summed E-state index contributed by atoms with van der Waals surface area (Å²) >= 11 is 0. The number of rotatable bonds is 34. The first-order valence-corrected chi connectivity index (χ1v) is 20.5. The van der Waals surface area contributed by atoms with E-state index in [1.54, 1.807) is 6.08 Å². The zero-order chi connectivity index (χ0) is 32.6. The number of allylic oxidation sites excluding steroid dienone is 1. The van der Waals surface area contributed by atoms with Crippen molar-refractivity contribution in [1.82, 2.24) is 5.32 Å². The molecule has 0 fully saturated rings. The van der Waals surface area contributed by atoms with Gasteiger partial charge in [-0.15, -0.1) is 0 Å². The van der Waals surface area contributed by atoms with Crippen LogP contribution in [0.25, 0.3) is 0 Å². The van der Waals surface area contributed by atoms with Crippen LogP contribution in [0.4, 0.5) is 0 Å². The average molecular weight is 644 g/mol. The molecule has 2 atom stereocenters. The highest BCUT2D eigenvalue weighted by molar-refractivity contribution is 7.85. The molecule has 0 aliphatic rings. The van der Waals surface area contributed by atoms with E-state index in [9.17, 15) is 22.9 Å². The third-order valence-corrected chi connectivity index (χ3v) is 9.49. The molecule has 3 N–H and O–H groups in total. The predicted octanol–water partition coefficient (Wildman–Crippen LogP) is 10.6. The summed E-state index contributed by atoms with van der Waals surface area (Å²) in [4.78, 5) is 12.4.